The molecule has 0 saturated carbocycles. The van der Waals surface area contributed by atoms with Crippen molar-refractivity contribution < 1.29 is 23.4 Å². The lowest BCUT2D eigenvalue weighted by molar-refractivity contribution is 0.0686. The third-order valence-corrected chi connectivity index (χ3v) is 2.10. The molecular weight excluding hydrogens is 194 g/mol. The molecule has 0 aliphatic carbocycles. The maximum atomic E-state index is 13.4. The molecule has 1 aromatic rings. The van der Waals surface area contributed by atoms with Crippen LogP contribution in [0.1, 0.15) is 15.9 Å². The lowest BCUT2D eigenvalue weighted by Gasteiger charge is -2.04. The number of benzene rings is 1. The molecule has 1 N–H and O–H groups in total. The molecule has 0 fully saturated rings. The molecule has 1 aliphatic rings. The highest BCUT2D eigenvalue weighted by Gasteiger charge is 2.26. The third kappa shape index (κ3) is 1.13. The molecule has 14 heavy (non-hydrogen) atoms. The standard InChI is InChI=1S/C9H6F2O3/c10-5-3-6-4(1-2-14-6)8(11)7(5)9(12)13/h3H,1-2H2,(H,12,13). The summed E-state index contributed by atoms with van der Waals surface area (Å²) in [5.74, 6) is -3.62. The van der Waals surface area contributed by atoms with Gasteiger partial charge >= 0.3 is 5.97 Å². The fraction of sp³-hybridized carbons (Fsp3) is 0.222. The van der Waals surface area contributed by atoms with Gasteiger partial charge in [-0.25, -0.2) is 13.6 Å². The van der Waals surface area contributed by atoms with Crippen molar-refractivity contribution in [3.05, 3.63) is 28.8 Å². The van der Waals surface area contributed by atoms with Crippen molar-refractivity contribution in [2.75, 3.05) is 6.61 Å². The van der Waals surface area contributed by atoms with Crippen molar-refractivity contribution in [3.8, 4) is 5.75 Å². The van der Waals surface area contributed by atoms with Crippen LogP contribution in [-0.2, 0) is 6.42 Å². The zero-order valence-corrected chi connectivity index (χ0v) is 7.01. The Labute approximate surface area is 77.9 Å². The van der Waals surface area contributed by atoms with E-state index in [4.69, 9.17) is 9.84 Å². The first-order valence-corrected chi connectivity index (χ1v) is 3.98. The van der Waals surface area contributed by atoms with Gasteiger partial charge in [-0.2, -0.15) is 0 Å². The first kappa shape index (κ1) is 8.93. The number of ether oxygens (including phenoxy) is 1. The van der Waals surface area contributed by atoms with E-state index in [1.807, 2.05) is 0 Å². The van der Waals surface area contributed by atoms with Crippen LogP contribution in [0.4, 0.5) is 8.78 Å². The average Bonchev–Trinajstić information content (AvgIpc) is 2.50. The first-order chi connectivity index (χ1) is 6.61. The molecule has 0 unspecified atom stereocenters. The number of carboxylic acid groups (broad SMARTS) is 1. The van der Waals surface area contributed by atoms with Crippen molar-refractivity contribution in [2.24, 2.45) is 0 Å². The summed E-state index contributed by atoms with van der Waals surface area (Å²) in [6.45, 7) is 0.259. The molecule has 0 bridgehead atoms. The predicted octanol–water partition coefficient (Wildman–Crippen LogP) is 1.60. The maximum Gasteiger partial charge on any atom is 0.341 e. The molecule has 74 valence electrons. The topological polar surface area (TPSA) is 46.5 Å². The number of rotatable bonds is 1. The Balaban J connectivity index is 2.68. The third-order valence-electron chi connectivity index (χ3n) is 2.10. The molecule has 1 aliphatic heterocycles. The highest BCUT2D eigenvalue weighted by molar-refractivity contribution is 5.89. The summed E-state index contributed by atoms with van der Waals surface area (Å²) in [5, 5.41) is 8.56. The predicted molar refractivity (Wildman–Crippen MR) is 42.5 cm³/mol. The van der Waals surface area contributed by atoms with Crippen LogP contribution in [0, 0.1) is 11.6 Å². The quantitative estimate of drug-likeness (QED) is 0.748. The molecule has 0 radical (unpaired) electrons. The maximum absolute atomic E-state index is 13.4. The Bertz CT molecular complexity index is 415. The number of hydrogen-bond acceptors (Lipinski definition) is 2. The van der Waals surface area contributed by atoms with Gasteiger partial charge in [0.1, 0.15) is 22.9 Å². The lowest BCUT2D eigenvalue weighted by Crippen LogP contribution is -2.06. The highest BCUT2D eigenvalue weighted by Crippen LogP contribution is 2.31. The summed E-state index contributed by atoms with van der Waals surface area (Å²) in [4.78, 5) is 10.5. The van der Waals surface area contributed by atoms with E-state index in [1.54, 1.807) is 0 Å². The van der Waals surface area contributed by atoms with Gasteiger partial charge in [-0.15, -0.1) is 0 Å². The molecule has 0 amide bonds. The van der Waals surface area contributed by atoms with Crippen LogP contribution in [0.15, 0.2) is 6.07 Å². The van der Waals surface area contributed by atoms with Crippen LogP contribution in [0.25, 0.3) is 0 Å². The van der Waals surface area contributed by atoms with Gasteiger partial charge in [0, 0.05) is 18.1 Å². The largest absolute Gasteiger partial charge is 0.493 e. The second kappa shape index (κ2) is 2.94. The summed E-state index contributed by atoms with van der Waals surface area (Å²) in [7, 11) is 0. The molecule has 1 aromatic carbocycles. The molecule has 5 heteroatoms. The van der Waals surface area contributed by atoms with E-state index < -0.39 is 23.2 Å². The van der Waals surface area contributed by atoms with E-state index in [9.17, 15) is 13.6 Å². The van der Waals surface area contributed by atoms with E-state index >= 15 is 0 Å². The summed E-state index contributed by atoms with van der Waals surface area (Å²) < 4.78 is 31.4. The van der Waals surface area contributed by atoms with E-state index in [2.05, 4.69) is 0 Å². The van der Waals surface area contributed by atoms with Crippen LogP contribution in [0.3, 0.4) is 0 Å². The lowest BCUT2D eigenvalue weighted by atomic mass is 10.1. The number of fused-ring (bicyclic) bond motifs is 1. The van der Waals surface area contributed by atoms with Crippen molar-refractivity contribution in [1.29, 1.82) is 0 Å². The van der Waals surface area contributed by atoms with E-state index in [0.29, 0.717) is 0 Å². The van der Waals surface area contributed by atoms with Crippen LogP contribution in [-0.4, -0.2) is 17.7 Å². The first-order valence-electron chi connectivity index (χ1n) is 3.98. The molecule has 1 heterocycles. The van der Waals surface area contributed by atoms with E-state index in [-0.39, 0.29) is 24.3 Å². The van der Waals surface area contributed by atoms with Gasteiger partial charge in [0.15, 0.2) is 0 Å². The summed E-state index contributed by atoms with van der Waals surface area (Å²) in [6.07, 6.45) is 0.279. The van der Waals surface area contributed by atoms with Gasteiger partial charge in [0.2, 0.25) is 0 Å². The Morgan fingerprint density at radius 2 is 2.21 bits per heavy atom. The van der Waals surface area contributed by atoms with Crippen molar-refractivity contribution >= 4 is 5.97 Å². The fourth-order valence-electron chi connectivity index (χ4n) is 1.46. The monoisotopic (exact) mass is 200 g/mol. The minimum atomic E-state index is -1.60. The molecule has 2 rings (SSSR count). The van der Waals surface area contributed by atoms with E-state index in [0.717, 1.165) is 6.07 Å². The molecule has 0 saturated heterocycles. The minimum Gasteiger partial charge on any atom is -0.493 e. The SMILES string of the molecule is O=C(O)c1c(F)cc2c(c1F)CCO2. The van der Waals surface area contributed by atoms with Crippen molar-refractivity contribution in [3.63, 3.8) is 0 Å². The average molecular weight is 200 g/mol. The molecular formula is C9H6F2O3. The molecule has 0 spiro atoms. The minimum absolute atomic E-state index is 0.102. The number of hydrogen-bond donors (Lipinski definition) is 1. The van der Waals surface area contributed by atoms with Gasteiger partial charge in [-0.05, 0) is 0 Å². The Hall–Kier alpha value is -1.65. The van der Waals surface area contributed by atoms with Crippen molar-refractivity contribution in [2.45, 2.75) is 6.42 Å². The summed E-state index contributed by atoms with van der Waals surface area (Å²) in [5.41, 5.74) is -0.766. The van der Waals surface area contributed by atoms with Crippen LogP contribution in [0.2, 0.25) is 0 Å². The zero-order chi connectivity index (χ0) is 10.3. The van der Waals surface area contributed by atoms with Gasteiger partial charge in [-0.1, -0.05) is 0 Å². The number of carboxylic acids is 1. The van der Waals surface area contributed by atoms with Gasteiger partial charge < -0.3 is 9.84 Å². The summed E-state index contributed by atoms with van der Waals surface area (Å²) >= 11 is 0. The van der Waals surface area contributed by atoms with Crippen LogP contribution in [0.5, 0.6) is 5.75 Å². The Morgan fingerprint density at radius 3 is 2.86 bits per heavy atom. The van der Waals surface area contributed by atoms with Crippen LogP contribution < -0.4 is 4.74 Å². The van der Waals surface area contributed by atoms with Gasteiger partial charge in [0.05, 0.1) is 6.61 Å². The number of halogens is 2. The van der Waals surface area contributed by atoms with E-state index in [1.165, 1.54) is 0 Å². The summed E-state index contributed by atoms with van der Waals surface area (Å²) in [6, 6.07) is 0.912. The second-order valence-electron chi connectivity index (χ2n) is 2.93. The van der Waals surface area contributed by atoms with Gasteiger partial charge in [0.25, 0.3) is 0 Å². The van der Waals surface area contributed by atoms with Gasteiger partial charge in [-0.3, -0.25) is 0 Å². The molecule has 0 atom stereocenters. The highest BCUT2D eigenvalue weighted by atomic mass is 19.1. The Kier molecular flexibility index (Phi) is 1.87. The smallest absolute Gasteiger partial charge is 0.341 e. The molecule has 3 nitrogen and oxygen atoms in total. The zero-order valence-electron chi connectivity index (χ0n) is 7.01. The number of aromatic carboxylic acids is 1. The molecule has 0 aromatic heterocycles. The van der Waals surface area contributed by atoms with Crippen molar-refractivity contribution in [1.82, 2.24) is 0 Å². The second-order valence-corrected chi connectivity index (χ2v) is 2.93. The normalized spacial score (nSPS) is 13.6. The fourth-order valence-corrected chi connectivity index (χ4v) is 1.46. The Morgan fingerprint density at radius 1 is 1.50 bits per heavy atom. The number of carbonyl (C=O) groups is 1. The van der Waals surface area contributed by atoms with Crippen LogP contribution >= 0.6 is 0 Å².